The number of carbonyl (C=O) groups excluding carboxylic acids is 3. The van der Waals surface area contributed by atoms with E-state index < -0.39 is 36.0 Å². The van der Waals surface area contributed by atoms with Gasteiger partial charge in [0, 0.05) is 19.7 Å². The predicted octanol–water partition coefficient (Wildman–Crippen LogP) is 0.374. The second-order valence-corrected chi connectivity index (χ2v) is 3.96. The highest BCUT2D eigenvalue weighted by molar-refractivity contribution is 5.94. The van der Waals surface area contributed by atoms with Gasteiger partial charge in [-0.15, -0.1) is 0 Å². The van der Waals surface area contributed by atoms with Gasteiger partial charge >= 0.3 is 5.97 Å². The van der Waals surface area contributed by atoms with Crippen LogP contribution in [-0.4, -0.2) is 38.0 Å². The Morgan fingerprint density at radius 2 is 1.95 bits per heavy atom. The molecule has 0 atom stereocenters. The first-order valence-corrected chi connectivity index (χ1v) is 6.03. The fourth-order valence-electron chi connectivity index (χ4n) is 1.34. The molecule has 8 heteroatoms. The van der Waals surface area contributed by atoms with Crippen LogP contribution in [0, 0.1) is 11.6 Å². The first kappa shape index (κ1) is 16.5. The van der Waals surface area contributed by atoms with Crippen LogP contribution in [0.4, 0.5) is 8.78 Å². The maximum absolute atomic E-state index is 13.3. The fraction of sp³-hybridized carbons (Fsp3) is 0.308. The topological polar surface area (TPSA) is 84.5 Å². The van der Waals surface area contributed by atoms with Gasteiger partial charge in [0.2, 0.25) is 0 Å². The molecule has 114 valence electrons. The maximum atomic E-state index is 13.3. The van der Waals surface area contributed by atoms with Gasteiger partial charge in [0.1, 0.15) is 11.6 Å². The van der Waals surface area contributed by atoms with Crippen molar-refractivity contribution >= 4 is 17.8 Å². The molecule has 0 aromatic heterocycles. The van der Waals surface area contributed by atoms with Crippen LogP contribution in [-0.2, 0) is 14.3 Å². The van der Waals surface area contributed by atoms with Crippen molar-refractivity contribution in [2.24, 2.45) is 0 Å². The Balaban J connectivity index is 2.36. The molecule has 6 nitrogen and oxygen atoms in total. The van der Waals surface area contributed by atoms with Crippen LogP contribution in [0.5, 0.6) is 0 Å². The van der Waals surface area contributed by atoms with E-state index in [4.69, 9.17) is 0 Å². The van der Waals surface area contributed by atoms with E-state index in [1.807, 2.05) is 0 Å². The SMILES string of the molecule is CNC(=O)COC(=O)CCNC(=O)c1ccc(F)cc1F. The third-order valence-corrected chi connectivity index (χ3v) is 2.43. The minimum Gasteiger partial charge on any atom is -0.456 e. The molecule has 0 saturated carbocycles. The number of carbonyl (C=O) groups is 3. The molecule has 0 aliphatic rings. The standard InChI is InChI=1S/C13H14F2N2O4/c1-16-11(18)7-21-12(19)4-5-17-13(20)9-3-2-8(14)6-10(9)15/h2-3,6H,4-5,7H2,1H3,(H,16,18)(H,17,20). The van der Waals surface area contributed by atoms with Gasteiger partial charge in [0.25, 0.3) is 11.8 Å². The molecule has 0 aliphatic heterocycles. The Morgan fingerprint density at radius 1 is 1.24 bits per heavy atom. The molecule has 0 spiro atoms. The molecule has 2 amide bonds. The van der Waals surface area contributed by atoms with Crippen molar-refractivity contribution in [3.8, 4) is 0 Å². The molecule has 1 rings (SSSR count). The molecule has 21 heavy (non-hydrogen) atoms. The molecule has 2 N–H and O–H groups in total. The average Bonchev–Trinajstić information content (AvgIpc) is 2.44. The smallest absolute Gasteiger partial charge is 0.308 e. The number of nitrogens with one attached hydrogen (secondary N) is 2. The average molecular weight is 300 g/mol. The Hall–Kier alpha value is -2.51. The Bertz CT molecular complexity index is 549. The van der Waals surface area contributed by atoms with Gasteiger partial charge in [0.15, 0.2) is 6.61 Å². The number of ether oxygens (including phenoxy) is 1. The fourth-order valence-corrected chi connectivity index (χ4v) is 1.34. The summed E-state index contributed by atoms with van der Waals surface area (Å²) in [6.07, 6.45) is -0.175. The summed E-state index contributed by atoms with van der Waals surface area (Å²) in [6.45, 7) is -0.502. The van der Waals surface area contributed by atoms with Crippen LogP contribution in [0.2, 0.25) is 0 Å². The highest BCUT2D eigenvalue weighted by Gasteiger charge is 2.13. The molecule has 0 saturated heterocycles. The molecule has 0 fully saturated rings. The lowest BCUT2D eigenvalue weighted by Gasteiger charge is -2.06. The summed E-state index contributed by atoms with van der Waals surface area (Å²) in [5.74, 6) is -3.69. The summed E-state index contributed by atoms with van der Waals surface area (Å²) < 4.78 is 30.6. The third kappa shape index (κ3) is 5.55. The Kier molecular flexibility index (Phi) is 6.25. The highest BCUT2D eigenvalue weighted by atomic mass is 19.1. The van der Waals surface area contributed by atoms with E-state index in [9.17, 15) is 23.2 Å². The highest BCUT2D eigenvalue weighted by Crippen LogP contribution is 2.09. The lowest BCUT2D eigenvalue weighted by Crippen LogP contribution is -2.29. The zero-order chi connectivity index (χ0) is 15.8. The zero-order valence-corrected chi connectivity index (χ0v) is 11.2. The number of benzene rings is 1. The van der Waals surface area contributed by atoms with Crippen molar-refractivity contribution in [1.82, 2.24) is 10.6 Å². The third-order valence-electron chi connectivity index (χ3n) is 2.43. The van der Waals surface area contributed by atoms with Crippen LogP contribution in [0.3, 0.4) is 0 Å². The second-order valence-electron chi connectivity index (χ2n) is 3.96. The van der Waals surface area contributed by atoms with Crippen molar-refractivity contribution < 1.29 is 27.9 Å². The molecule has 1 aromatic carbocycles. The lowest BCUT2D eigenvalue weighted by molar-refractivity contribution is -0.148. The summed E-state index contributed by atoms with van der Waals surface area (Å²) in [4.78, 5) is 33.6. The van der Waals surface area contributed by atoms with Crippen molar-refractivity contribution in [3.05, 3.63) is 35.4 Å². The van der Waals surface area contributed by atoms with Gasteiger partial charge in [-0.25, -0.2) is 8.78 Å². The van der Waals surface area contributed by atoms with E-state index in [0.717, 1.165) is 12.1 Å². The van der Waals surface area contributed by atoms with Crippen molar-refractivity contribution in [1.29, 1.82) is 0 Å². The van der Waals surface area contributed by atoms with Crippen molar-refractivity contribution in [2.45, 2.75) is 6.42 Å². The second kappa shape index (κ2) is 7.93. The summed E-state index contributed by atoms with van der Waals surface area (Å²) in [5.41, 5.74) is -0.324. The summed E-state index contributed by atoms with van der Waals surface area (Å²) >= 11 is 0. The minimum absolute atomic E-state index is 0.0950. The number of esters is 1. The molecule has 0 unspecified atom stereocenters. The van der Waals surface area contributed by atoms with E-state index in [2.05, 4.69) is 15.4 Å². The predicted molar refractivity (Wildman–Crippen MR) is 68.3 cm³/mol. The van der Waals surface area contributed by atoms with Crippen LogP contribution in [0.25, 0.3) is 0 Å². The number of amides is 2. The quantitative estimate of drug-likeness (QED) is 0.744. The summed E-state index contributed by atoms with van der Waals surface area (Å²) in [5, 5.41) is 4.56. The molecule has 1 aromatic rings. The van der Waals surface area contributed by atoms with E-state index >= 15 is 0 Å². The molecule has 0 radical (unpaired) electrons. The van der Waals surface area contributed by atoms with E-state index in [1.54, 1.807) is 0 Å². The number of hydrogen-bond acceptors (Lipinski definition) is 4. The summed E-state index contributed by atoms with van der Waals surface area (Å²) in [7, 11) is 1.40. The van der Waals surface area contributed by atoms with Gasteiger partial charge in [-0.05, 0) is 12.1 Å². The van der Waals surface area contributed by atoms with Crippen LogP contribution >= 0.6 is 0 Å². The number of rotatable bonds is 6. The van der Waals surface area contributed by atoms with E-state index in [1.165, 1.54) is 7.05 Å². The molecular weight excluding hydrogens is 286 g/mol. The molecule has 0 aliphatic carbocycles. The van der Waals surface area contributed by atoms with Gasteiger partial charge in [-0.1, -0.05) is 0 Å². The molecule has 0 bridgehead atoms. The first-order valence-electron chi connectivity index (χ1n) is 6.03. The monoisotopic (exact) mass is 300 g/mol. The lowest BCUT2D eigenvalue weighted by atomic mass is 10.2. The normalized spacial score (nSPS) is 9.86. The minimum atomic E-state index is -0.991. The number of likely N-dealkylation sites (N-methyl/N-ethyl adjacent to an activating group) is 1. The van der Waals surface area contributed by atoms with Gasteiger partial charge < -0.3 is 15.4 Å². The number of hydrogen-bond donors (Lipinski definition) is 2. The molecular formula is C13H14F2N2O4. The maximum Gasteiger partial charge on any atom is 0.308 e. The van der Waals surface area contributed by atoms with Gasteiger partial charge in [-0.2, -0.15) is 0 Å². The van der Waals surface area contributed by atoms with Crippen LogP contribution in [0.1, 0.15) is 16.8 Å². The van der Waals surface area contributed by atoms with Crippen LogP contribution in [0.15, 0.2) is 18.2 Å². The van der Waals surface area contributed by atoms with Gasteiger partial charge in [-0.3, -0.25) is 14.4 Å². The first-order chi connectivity index (χ1) is 9.93. The van der Waals surface area contributed by atoms with Gasteiger partial charge in [0.05, 0.1) is 12.0 Å². The van der Waals surface area contributed by atoms with Crippen molar-refractivity contribution in [3.63, 3.8) is 0 Å². The van der Waals surface area contributed by atoms with E-state index in [-0.39, 0.29) is 18.5 Å². The largest absolute Gasteiger partial charge is 0.456 e. The van der Waals surface area contributed by atoms with Crippen molar-refractivity contribution in [2.75, 3.05) is 20.2 Å². The number of halogens is 2. The molecule has 0 heterocycles. The summed E-state index contributed by atoms with van der Waals surface area (Å²) in [6, 6.07) is 2.55. The Morgan fingerprint density at radius 3 is 2.57 bits per heavy atom. The van der Waals surface area contributed by atoms with Crippen LogP contribution < -0.4 is 10.6 Å². The zero-order valence-electron chi connectivity index (χ0n) is 11.2. The Labute approximate surface area is 119 Å². The van der Waals surface area contributed by atoms with E-state index in [0.29, 0.717) is 6.07 Å².